The molecule has 2 heteroatoms. The maximum Gasteiger partial charge on any atom is 0.0264 e. The van der Waals surface area contributed by atoms with E-state index in [1.54, 1.807) is 0 Å². The lowest BCUT2D eigenvalue weighted by Gasteiger charge is -2.00. The first-order valence-electron chi connectivity index (χ1n) is 4.30. The second-order valence-electron chi connectivity index (χ2n) is 3.31. The monoisotopic (exact) mass is 206 g/mol. The van der Waals surface area contributed by atoms with Gasteiger partial charge < -0.3 is 0 Å². The molecule has 3 rings (SSSR count). The van der Waals surface area contributed by atoms with Crippen LogP contribution in [0.15, 0.2) is 36.4 Å². The third-order valence-corrected chi connectivity index (χ3v) is 4.96. The molecule has 0 aliphatic carbocycles. The number of hydrogen-bond acceptors (Lipinski definition) is 0. The van der Waals surface area contributed by atoms with Crippen LogP contribution in [0.2, 0.25) is 0 Å². The molecule has 0 radical (unpaired) electrons. The van der Waals surface area contributed by atoms with Crippen LogP contribution in [0.3, 0.4) is 0 Å². The van der Waals surface area contributed by atoms with Crippen molar-refractivity contribution in [3.8, 4) is 0 Å². The van der Waals surface area contributed by atoms with Crippen molar-refractivity contribution in [3.63, 3.8) is 0 Å². The van der Waals surface area contributed by atoms with Crippen LogP contribution >= 0.6 is 18.5 Å². The smallest absolute Gasteiger partial charge is 0.0264 e. The van der Waals surface area contributed by atoms with Crippen LogP contribution in [0.4, 0.5) is 0 Å². The molecule has 0 fully saturated rings. The fourth-order valence-corrected chi connectivity index (χ4v) is 4.27. The van der Waals surface area contributed by atoms with Crippen LogP contribution in [0, 0.1) is 0 Å². The minimum Gasteiger partial charge on any atom is -0.0908 e. The molecule has 1 atom stereocenters. The van der Waals surface area contributed by atoms with Crippen molar-refractivity contribution in [3.05, 3.63) is 42.0 Å². The normalized spacial score (nSPS) is 19.6. The van der Waals surface area contributed by atoms with Gasteiger partial charge >= 0.3 is 0 Å². The molecular weight excluding hydrogens is 199 g/mol. The quantitative estimate of drug-likeness (QED) is 0.578. The van der Waals surface area contributed by atoms with E-state index in [-0.39, 0.29) is 0 Å². The lowest BCUT2D eigenvalue weighted by Crippen LogP contribution is -1.92. The van der Waals surface area contributed by atoms with Gasteiger partial charge in [0.1, 0.15) is 0 Å². The summed E-state index contributed by atoms with van der Waals surface area (Å²) in [6, 6.07) is 12.9. The lowest BCUT2D eigenvalue weighted by molar-refractivity contribution is 1.49. The molecular formula is C11H8ClP. The Labute approximate surface area is 83.1 Å². The number of hydrogen-bond donors (Lipinski definition) is 0. The van der Waals surface area contributed by atoms with Gasteiger partial charge in [-0.15, -0.1) is 0 Å². The predicted molar refractivity (Wildman–Crippen MR) is 60.1 cm³/mol. The van der Waals surface area contributed by atoms with Gasteiger partial charge in [0.15, 0.2) is 0 Å². The Morgan fingerprint density at radius 3 is 2.69 bits per heavy atom. The molecule has 13 heavy (non-hydrogen) atoms. The molecule has 1 aliphatic heterocycles. The van der Waals surface area contributed by atoms with E-state index in [0.717, 1.165) is 6.16 Å². The molecule has 0 spiro atoms. The maximum atomic E-state index is 6.31. The zero-order valence-electron chi connectivity index (χ0n) is 7.00. The highest BCUT2D eigenvalue weighted by Crippen LogP contribution is 2.51. The van der Waals surface area contributed by atoms with Gasteiger partial charge in [-0.05, 0) is 21.6 Å². The Kier molecular flexibility index (Phi) is 1.62. The third kappa shape index (κ3) is 1.03. The first-order valence-corrected chi connectivity index (χ1v) is 6.73. The van der Waals surface area contributed by atoms with Crippen LogP contribution in [-0.4, -0.2) is 0 Å². The lowest BCUT2D eigenvalue weighted by atomic mass is 10.1. The molecule has 0 saturated carbocycles. The molecule has 64 valence electrons. The predicted octanol–water partition coefficient (Wildman–Crippen LogP) is 3.61. The Hall–Kier alpha value is -0.580. The minimum atomic E-state index is -0.438. The van der Waals surface area contributed by atoms with Crippen molar-refractivity contribution in [1.29, 1.82) is 0 Å². The molecule has 0 amide bonds. The Morgan fingerprint density at radius 1 is 1.08 bits per heavy atom. The average molecular weight is 207 g/mol. The van der Waals surface area contributed by atoms with Crippen molar-refractivity contribution >= 4 is 34.6 Å². The molecule has 1 heterocycles. The van der Waals surface area contributed by atoms with E-state index < -0.39 is 7.27 Å². The summed E-state index contributed by atoms with van der Waals surface area (Å²) in [6.45, 7) is 0. The summed E-state index contributed by atoms with van der Waals surface area (Å²) in [7, 11) is -0.438. The van der Waals surface area contributed by atoms with Gasteiger partial charge in [-0.3, -0.25) is 0 Å². The highest BCUT2D eigenvalue weighted by molar-refractivity contribution is 7.90. The van der Waals surface area contributed by atoms with Gasteiger partial charge in [0.2, 0.25) is 0 Å². The fraction of sp³-hybridized carbons (Fsp3) is 0.0909. The molecule has 2 aromatic carbocycles. The number of benzene rings is 2. The molecule has 0 N–H and O–H groups in total. The highest BCUT2D eigenvalue weighted by atomic mass is 35.7. The van der Waals surface area contributed by atoms with Crippen molar-refractivity contribution in [2.75, 3.05) is 0 Å². The summed E-state index contributed by atoms with van der Waals surface area (Å²) in [5, 5.41) is 4.11. The largest absolute Gasteiger partial charge is 0.0908 e. The molecule has 0 nitrogen and oxygen atoms in total. The zero-order chi connectivity index (χ0) is 8.84. The second kappa shape index (κ2) is 2.70. The molecule has 0 bridgehead atoms. The van der Waals surface area contributed by atoms with Crippen molar-refractivity contribution in [2.24, 2.45) is 0 Å². The van der Waals surface area contributed by atoms with Gasteiger partial charge in [0.05, 0.1) is 0 Å². The van der Waals surface area contributed by atoms with E-state index in [9.17, 15) is 0 Å². The van der Waals surface area contributed by atoms with E-state index in [0.29, 0.717) is 0 Å². The van der Waals surface area contributed by atoms with Gasteiger partial charge in [0.25, 0.3) is 0 Å². The van der Waals surface area contributed by atoms with Crippen LogP contribution in [-0.2, 0) is 6.16 Å². The van der Waals surface area contributed by atoms with E-state index >= 15 is 0 Å². The Balaban J connectivity index is 2.51. The van der Waals surface area contributed by atoms with Crippen molar-refractivity contribution in [1.82, 2.24) is 0 Å². The Bertz CT molecular complexity index is 473. The van der Waals surface area contributed by atoms with E-state index in [4.69, 9.17) is 11.2 Å². The van der Waals surface area contributed by atoms with Gasteiger partial charge in [-0.2, -0.15) is 0 Å². The summed E-state index contributed by atoms with van der Waals surface area (Å²) in [5.74, 6) is 0. The molecule has 1 unspecified atom stereocenters. The number of halogens is 1. The molecule has 2 aromatic rings. The minimum absolute atomic E-state index is 0.438. The van der Waals surface area contributed by atoms with Crippen molar-refractivity contribution in [2.45, 2.75) is 6.16 Å². The van der Waals surface area contributed by atoms with Crippen molar-refractivity contribution < 1.29 is 0 Å². The van der Waals surface area contributed by atoms with Gasteiger partial charge in [-0.1, -0.05) is 47.6 Å². The topological polar surface area (TPSA) is 0 Å². The van der Waals surface area contributed by atoms with E-state index in [1.807, 2.05) is 0 Å². The molecule has 1 aliphatic rings. The van der Waals surface area contributed by atoms with Crippen LogP contribution < -0.4 is 5.30 Å². The van der Waals surface area contributed by atoms with Crippen LogP contribution in [0.1, 0.15) is 5.56 Å². The third-order valence-electron chi connectivity index (χ3n) is 2.54. The van der Waals surface area contributed by atoms with E-state index in [2.05, 4.69) is 36.4 Å². The van der Waals surface area contributed by atoms with Crippen LogP contribution in [0.5, 0.6) is 0 Å². The summed E-state index contributed by atoms with van der Waals surface area (Å²) in [6.07, 6.45) is 1.05. The standard InChI is InChI=1S/C11H8ClP/c12-13-7-9-5-1-3-8-4-2-6-10(13)11(8)9/h1-6H,7H2. The van der Waals surface area contributed by atoms with Crippen LogP contribution in [0.25, 0.3) is 10.8 Å². The summed E-state index contributed by atoms with van der Waals surface area (Å²) in [5.41, 5.74) is 1.43. The van der Waals surface area contributed by atoms with Gasteiger partial charge in [-0.25, -0.2) is 0 Å². The number of rotatable bonds is 0. The first kappa shape index (κ1) is 7.79. The van der Waals surface area contributed by atoms with E-state index in [1.165, 1.54) is 21.6 Å². The Morgan fingerprint density at radius 2 is 1.85 bits per heavy atom. The fourth-order valence-electron chi connectivity index (χ4n) is 1.97. The average Bonchev–Trinajstić information content (AvgIpc) is 2.47. The molecule has 0 saturated heterocycles. The SMILES string of the molecule is ClP1Cc2cccc3cccc1c23. The molecule has 0 aromatic heterocycles. The van der Waals surface area contributed by atoms with Gasteiger partial charge in [0, 0.05) is 13.4 Å². The highest BCUT2D eigenvalue weighted by Gasteiger charge is 2.21. The summed E-state index contributed by atoms with van der Waals surface area (Å²) in [4.78, 5) is 0. The first-order chi connectivity index (χ1) is 6.36. The summed E-state index contributed by atoms with van der Waals surface area (Å²) < 4.78 is 0. The summed E-state index contributed by atoms with van der Waals surface area (Å²) >= 11 is 6.31. The zero-order valence-corrected chi connectivity index (χ0v) is 8.65. The second-order valence-corrected chi connectivity index (χ2v) is 6.06. The maximum absolute atomic E-state index is 6.31.